The molecule has 0 saturated carbocycles. The van der Waals surface area contributed by atoms with Crippen molar-refractivity contribution in [1.82, 2.24) is 19.7 Å². The van der Waals surface area contributed by atoms with E-state index in [1.165, 1.54) is 17.5 Å². The molecule has 0 aliphatic carbocycles. The molecule has 0 fully saturated rings. The van der Waals surface area contributed by atoms with Gasteiger partial charge in [-0.2, -0.15) is 0 Å². The Hall–Kier alpha value is -2.40. The van der Waals surface area contributed by atoms with Gasteiger partial charge in [0.2, 0.25) is 5.16 Å². The first-order chi connectivity index (χ1) is 12.8. The van der Waals surface area contributed by atoms with Crippen LogP contribution in [0, 0.1) is 6.92 Å². The number of aryl methyl sites for hydroxylation is 1. The Balaban J connectivity index is 1.85. The highest BCUT2D eigenvalue weighted by Crippen LogP contribution is 2.29. The smallest absolute Gasteiger partial charge is 0.211 e. The minimum Gasteiger partial charge on any atom is -0.319 e. The van der Waals surface area contributed by atoms with Gasteiger partial charge in [0, 0.05) is 17.7 Å². The molecule has 2 aromatic carbocycles. The van der Waals surface area contributed by atoms with Gasteiger partial charge in [-0.1, -0.05) is 67.1 Å². The van der Waals surface area contributed by atoms with Crippen molar-refractivity contribution in [3.63, 3.8) is 0 Å². The van der Waals surface area contributed by atoms with Crippen molar-refractivity contribution < 1.29 is 0 Å². The molecular weight excluding hydrogens is 340 g/mol. The third kappa shape index (κ3) is 3.31. The highest BCUT2D eigenvalue weighted by atomic mass is 32.2. The number of hydrogen-bond acceptors (Lipinski definition) is 4. The second-order valence-corrected chi connectivity index (χ2v) is 7.62. The molecule has 0 saturated heterocycles. The maximum Gasteiger partial charge on any atom is 0.211 e. The lowest BCUT2D eigenvalue weighted by molar-refractivity contribution is 0.812. The molecule has 0 N–H and O–H groups in total. The van der Waals surface area contributed by atoms with Crippen LogP contribution in [0.2, 0.25) is 0 Å². The standard InChI is InChI=1S/C21H22N4S/c1-3-4-12-26-21-22-20-19(23-24-21)17-13-15(2)10-11-18(17)25(20)14-16-8-6-5-7-9-16/h5-11,13H,3-4,12,14H2,1-2H3. The maximum absolute atomic E-state index is 4.86. The molecule has 4 nitrogen and oxygen atoms in total. The zero-order valence-corrected chi connectivity index (χ0v) is 16.0. The molecule has 132 valence electrons. The monoisotopic (exact) mass is 362 g/mol. The van der Waals surface area contributed by atoms with E-state index in [4.69, 9.17) is 4.98 Å². The van der Waals surface area contributed by atoms with E-state index in [2.05, 4.69) is 71.1 Å². The van der Waals surface area contributed by atoms with Crippen LogP contribution in [0.1, 0.15) is 30.9 Å². The molecule has 4 aromatic rings. The summed E-state index contributed by atoms with van der Waals surface area (Å²) in [5.41, 5.74) is 5.44. The first-order valence-corrected chi connectivity index (χ1v) is 10.0. The predicted octanol–water partition coefficient (Wildman–Crippen LogP) is 5.23. The van der Waals surface area contributed by atoms with Gasteiger partial charge in [0.1, 0.15) is 5.52 Å². The van der Waals surface area contributed by atoms with E-state index in [1.807, 2.05) is 6.07 Å². The highest BCUT2D eigenvalue weighted by molar-refractivity contribution is 7.99. The van der Waals surface area contributed by atoms with Gasteiger partial charge in [0.25, 0.3) is 0 Å². The van der Waals surface area contributed by atoms with E-state index in [1.54, 1.807) is 11.8 Å². The summed E-state index contributed by atoms with van der Waals surface area (Å²) in [6.45, 7) is 5.08. The summed E-state index contributed by atoms with van der Waals surface area (Å²) >= 11 is 1.69. The maximum atomic E-state index is 4.86. The normalized spacial score (nSPS) is 11.5. The Bertz CT molecular complexity index is 1040. The number of unbranched alkanes of at least 4 members (excludes halogenated alkanes) is 1. The molecule has 4 rings (SSSR count). The minimum atomic E-state index is 0.764. The van der Waals surface area contributed by atoms with Crippen LogP contribution < -0.4 is 0 Å². The Morgan fingerprint density at radius 3 is 2.69 bits per heavy atom. The van der Waals surface area contributed by atoms with Crippen LogP contribution >= 0.6 is 11.8 Å². The summed E-state index contributed by atoms with van der Waals surface area (Å²) in [4.78, 5) is 4.86. The van der Waals surface area contributed by atoms with Crippen LogP contribution in [-0.4, -0.2) is 25.5 Å². The SMILES string of the molecule is CCCCSc1nnc2c3cc(C)ccc3n(Cc3ccccc3)c2n1. The fraction of sp³-hybridized carbons (Fsp3) is 0.286. The number of rotatable bonds is 6. The van der Waals surface area contributed by atoms with Crippen molar-refractivity contribution >= 4 is 33.8 Å². The van der Waals surface area contributed by atoms with E-state index in [-0.39, 0.29) is 0 Å². The van der Waals surface area contributed by atoms with E-state index in [9.17, 15) is 0 Å². The van der Waals surface area contributed by atoms with Crippen LogP contribution in [0.3, 0.4) is 0 Å². The van der Waals surface area contributed by atoms with Crippen molar-refractivity contribution in [2.75, 3.05) is 5.75 Å². The average Bonchev–Trinajstić information content (AvgIpc) is 2.95. The second kappa shape index (κ2) is 7.46. The fourth-order valence-electron chi connectivity index (χ4n) is 3.15. The van der Waals surface area contributed by atoms with E-state index < -0.39 is 0 Å². The van der Waals surface area contributed by atoms with Crippen molar-refractivity contribution in [3.8, 4) is 0 Å². The van der Waals surface area contributed by atoms with Gasteiger partial charge in [-0.05, 0) is 31.0 Å². The van der Waals surface area contributed by atoms with Gasteiger partial charge < -0.3 is 4.57 Å². The topological polar surface area (TPSA) is 43.6 Å². The van der Waals surface area contributed by atoms with E-state index in [0.29, 0.717) is 0 Å². The van der Waals surface area contributed by atoms with Crippen LogP contribution in [0.15, 0.2) is 53.7 Å². The molecule has 0 aliphatic heterocycles. The van der Waals surface area contributed by atoms with Gasteiger partial charge in [-0.25, -0.2) is 4.98 Å². The van der Waals surface area contributed by atoms with E-state index >= 15 is 0 Å². The fourth-order valence-corrected chi connectivity index (χ4v) is 4.02. The molecule has 0 spiro atoms. The highest BCUT2D eigenvalue weighted by Gasteiger charge is 2.15. The summed E-state index contributed by atoms with van der Waals surface area (Å²) in [6.07, 6.45) is 2.34. The summed E-state index contributed by atoms with van der Waals surface area (Å²) in [5.74, 6) is 1.03. The molecule has 26 heavy (non-hydrogen) atoms. The van der Waals surface area contributed by atoms with Crippen LogP contribution in [0.25, 0.3) is 22.1 Å². The summed E-state index contributed by atoms with van der Waals surface area (Å²) in [6, 6.07) is 17.0. The molecule has 2 aromatic heterocycles. The molecule has 0 amide bonds. The summed E-state index contributed by atoms with van der Waals surface area (Å²) in [7, 11) is 0. The average molecular weight is 363 g/mol. The molecule has 0 radical (unpaired) electrons. The molecule has 0 unspecified atom stereocenters. The predicted molar refractivity (Wildman–Crippen MR) is 109 cm³/mol. The van der Waals surface area contributed by atoms with Gasteiger partial charge in [0.05, 0.1) is 5.52 Å². The van der Waals surface area contributed by atoms with Crippen molar-refractivity contribution in [2.45, 2.75) is 38.4 Å². The third-order valence-corrected chi connectivity index (χ3v) is 5.44. The Morgan fingerprint density at radius 2 is 1.88 bits per heavy atom. The second-order valence-electron chi connectivity index (χ2n) is 6.56. The summed E-state index contributed by atoms with van der Waals surface area (Å²) < 4.78 is 2.26. The molecule has 0 aliphatic rings. The van der Waals surface area contributed by atoms with Crippen LogP contribution in [0.5, 0.6) is 0 Å². The first kappa shape index (κ1) is 17.0. The third-order valence-electron chi connectivity index (χ3n) is 4.52. The first-order valence-electron chi connectivity index (χ1n) is 9.06. The molecule has 0 bridgehead atoms. The van der Waals surface area contributed by atoms with Crippen molar-refractivity contribution in [1.29, 1.82) is 0 Å². The minimum absolute atomic E-state index is 0.764. The lowest BCUT2D eigenvalue weighted by Crippen LogP contribution is -2.02. The molecule has 5 heteroatoms. The van der Waals surface area contributed by atoms with Crippen molar-refractivity contribution in [3.05, 3.63) is 59.7 Å². The number of benzene rings is 2. The Labute approximate surface area is 157 Å². The van der Waals surface area contributed by atoms with Gasteiger partial charge in [0.15, 0.2) is 5.65 Å². The summed E-state index contributed by atoms with van der Waals surface area (Å²) in [5, 5.41) is 10.8. The number of hydrogen-bond donors (Lipinski definition) is 0. The van der Waals surface area contributed by atoms with Gasteiger partial charge in [-0.15, -0.1) is 10.2 Å². The van der Waals surface area contributed by atoms with E-state index in [0.717, 1.165) is 45.9 Å². The van der Waals surface area contributed by atoms with Gasteiger partial charge in [-0.3, -0.25) is 0 Å². The number of aromatic nitrogens is 4. The van der Waals surface area contributed by atoms with Gasteiger partial charge >= 0.3 is 0 Å². The molecular formula is C21H22N4S. The zero-order valence-electron chi connectivity index (χ0n) is 15.1. The lowest BCUT2D eigenvalue weighted by atomic mass is 10.1. The quantitative estimate of drug-likeness (QED) is 0.348. The number of fused-ring (bicyclic) bond motifs is 3. The van der Waals surface area contributed by atoms with Crippen molar-refractivity contribution in [2.24, 2.45) is 0 Å². The van der Waals surface area contributed by atoms with Crippen LogP contribution in [-0.2, 0) is 6.54 Å². The molecule has 0 atom stereocenters. The Kier molecular flexibility index (Phi) is 4.89. The lowest BCUT2D eigenvalue weighted by Gasteiger charge is -2.07. The number of thioether (sulfide) groups is 1. The van der Waals surface area contributed by atoms with Crippen LogP contribution in [0.4, 0.5) is 0 Å². The molecule has 2 heterocycles. The Morgan fingerprint density at radius 1 is 1.04 bits per heavy atom. The number of nitrogens with zero attached hydrogens (tertiary/aromatic N) is 4. The largest absolute Gasteiger partial charge is 0.319 e. The zero-order chi connectivity index (χ0) is 17.9.